The van der Waals surface area contributed by atoms with E-state index in [4.69, 9.17) is 5.73 Å². The van der Waals surface area contributed by atoms with Crippen LogP contribution in [0.1, 0.15) is 4.88 Å². The number of carbonyl (C=O) groups is 1. The van der Waals surface area contributed by atoms with Crippen LogP contribution in [0.4, 0.5) is 0 Å². The van der Waals surface area contributed by atoms with Gasteiger partial charge in [0, 0.05) is 15.8 Å². The molecular weight excluding hydrogens is 254 g/mol. The minimum atomic E-state index is -0.569. The van der Waals surface area contributed by atoms with Gasteiger partial charge < -0.3 is 10.5 Å². The Bertz CT molecular complexity index is 300. The molecule has 0 bridgehead atoms. The number of nitrogens with two attached hydrogens (primary N) is 1. The van der Waals surface area contributed by atoms with Crippen LogP contribution in [0.3, 0.4) is 0 Å². The topological polar surface area (TPSA) is 52.3 Å². The van der Waals surface area contributed by atoms with Gasteiger partial charge in [0.1, 0.15) is 6.04 Å². The van der Waals surface area contributed by atoms with E-state index in [1.165, 1.54) is 7.11 Å². The predicted molar refractivity (Wildman–Crippen MR) is 55.7 cm³/mol. The standard InChI is InChI=1S/C8H10BrNO2S/c1-12-8(11)6(10)4-7-5(9)2-3-13-7/h2-3,6H,4,10H2,1H3. The van der Waals surface area contributed by atoms with Crippen LogP contribution in [-0.4, -0.2) is 19.1 Å². The summed E-state index contributed by atoms with van der Waals surface area (Å²) in [7, 11) is 1.34. The van der Waals surface area contributed by atoms with E-state index in [0.717, 1.165) is 9.35 Å². The lowest BCUT2D eigenvalue weighted by Crippen LogP contribution is -2.33. The summed E-state index contributed by atoms with van der Waals surface area (Å²) in [5.74, 6) is -0.375. The summed E-state index contributed by atoms with van der Waals surface area (Å²) in [6, 6.07) is 1.37. The summed E-state index contributed by atoms with van der Waals surface area (Å²) in [5.41, 5.74) is 5.60. The Morgan fingerprint density at radius 3 is 3.00 bits per heavy atom. The van der Waals surface area contributed by atoms with Crippen molar-refractivity contribution in [2.24, 2.45) is 5.73 Å². The fourth-order valence-corrected chi connectivity index (χ4v) is 2.48. The summed E-state index contributed by atoms with van der Waals surface area (Å²) in [6.45, 7) is 0. The SMILES string of the molecule is COC(=O)C(N)Cc1sccc1Br. The second kappa shape index (κ2) is 4.74. The highest BCUT2D eigenvalue weighted by Crippen LogP contribution is 2.23. The van der Waals surface area contributed by atoms with Gasteiger partial charge in [-0.1, -0.05) is 0 Å². The number of carbonyl (C=O) groups excluding carboxylic acids is 1. The van der Waals surface area contributed by atoms with Crippen LogP contribution in [0.5, 0.6) is 0 Å². The van der Waals surface area contributed by atoms with Crippen LogP contribution < -0.4 is 5.73 Å². The third-order valence-electron chi connectivity index (χ3n) is 1.60. The van der Waals surface area contributed by atoms with Crippen LogP contribution in [0.2, 0.25) is 0 Å². The molecule has 0 amide bonds. The zero-order chi connectivity index (χ0) is 9.84. The first-order valence-electron chi connectivity index (χ1n) is 3.70. The molecule has 1 heterocycles. The molecule has 0 saturated heterocycles. The molecular formula is C8H10BrNO2S. The maximum absolute atomic E-state index is 11.0. The normalized spacial score (nSPS) is 12.5. The molecule has 2 N–H and O–H groups in total. The lowest BCUT2D eigenvalue weighted by atomic mass is 10.2. The van der Waals surface area contributed by atoms with Crippen molar-refractivity contribution < 1.29 is 9.53 Å². The van der Waals surface area contributed by atoms with E-state index in [-0.39, 0.29) is 5.97 Å². The monoisotopic (exact) mass is 263 g/mol. The van der Waals surface area contributed by atoms with Gasteiger partial charge in [0.2, 0.25) is 0 Å². The fraction of sp³-hybridized carbons (Fsp3) is 0.375. The van der Waals surface area contributed by atoms with E-state index in [0.29, 0.717) is 6.42 Å². The largest absolute Gasteiger partial charge is 0.468 e. The van der Waals surface area contributed by atoms with Gasteiger partial charge in [0.05, 0.1) is 7.11 Å². The Labute approximate surface area is 89.0 Å². The van der Waals surface area contributed by atoms with Crippen molar-refractivity contribution in [3.8, 4) is 0 Å². The lowest BCUT2D eigenvalue weighted by molar-refractivity contribution is -0.142. The Balaban J connectivity index is 2.59. The molecule has 1 rings (SSSR count). The van der Waals surface area contributed by atoms with E-state index >= 15 is 0 Å². The number of methoxy groups -OCH3 is 1. The number of rotatable bonds is 3. The van der Waals surface area contributed by atoms with Crippen molar-refractivity contribution in [2.45, 2.75) is 12.5 Å². The second-order valence-electron chi connectivity index (χ2n) is 2.53. The molecule has 1 aromatic rings. The van der Waals surface area contributed by atoms with E-state index < -0.39 is 6.04 Å². The lowest BCUT2D eigenvalue weighted by Gasteiger charge is -2.07. The Morgan fingerprint density at radius 1 is 1.85 bits per heavy atom. The van der Waals surface area contributed by atoms with Crippen molar-refractivity contribution in [1.29, 1.82) is 0 Å². The number of ether oxygens (including phenoxy) is 1. The van der Waals surface area contributed by atoms with Gasteiger partial charge in [-0.15, -0.1) is 11.3 Å². The molecule has 13 heavy (non-hydrogen) atoms. The molecule has 0 saturated carbocycles. The molecule has 1 aromatic heterocycles. The smallest absolute Gasteiger partial charge is 0.323 e. The highest BCUT2D eigenvalue weighted by atomic mass is 79.9. The molecule has 0 aromatic carbocycles. The number of hydrogen-bond donors (Lipinski definition) is 1. The molecule has 0 aliphatic rings. The van der Waals surface area contributed by atoms with Gasteiger partial charge in [-0.2, -0.15) is 0 Å². The highest BCUT2D eigenvalue weighted by Gasteiger charge is 2.16. The van der Waals surface area contributed by atoms with Crippen LogP contribution in [0.15, 0.2) is 15.9 Å². The number of hydrogen-bond acceptors (Lipinski definition) is 4. The quantitative estimate of drug-likeness (QED) is 0.843. The first kappa shape index (κ1) is 10.7. The molecule has 72 valence electrons. The van der Waals surface area contributed by atoms with Gasteiger partial charge in [-0.3, -0.25) is 4.79 Å². The third kappa shape index (κ3) is 2.79. The van der Waals surface area contributed by atoms with Gasteiger partial charge in [0.25, 0.3) is 0 Å². The summed E-state index contributed by atoms with van der Waals surface area (Å²) in [6.07, 6.45) is 0.519. The third-order valence-corrected chi connectivity index (χ3v) is 3.55. The Morgan fingerprint density at radius 2 is 2.54 bits per heavy atom. The molecule has 0 aliphatic carbocycles. The van der Waals surface area contributed by atoms with Gasteiger partial charge >= 0.3 is 5.97 Å². The van der Waals surface area contributed by atoms with Gasteiger partial charge in [-0.25, -0.2) is 0 Å². The first-order chi connectivity index (χ1) is 6.15. The maximum atomic E-state index is 11.0. The van der Waals surface area contributed by atoms with Crippen LogP contribution >= 0.6 is 27.3 Å². The zero-order valence-corrected chi connectivity index (χ0v) is 9.52. The zero-order valence-electron chi connectivity index (χ0n) is 7.12. The second-order valence-corrected chi connectivity index (χ2v) is 4.38. The van der Waals surface area contributed by atoms with Crippen LogP contribution in [-0.2, 0) is 16.0 Å². The fourth-order valence-electron chi connectivity index (χ4n) is 0.905. The predicted octanol–water partition coefficient (Wildman–Crippen LogP) is 1.55. The molecule has 1 atom stereocenters. The van der Waals surface area contributed by atoms with Crippen molar-refractivity contribution in [3.63, 3.8) is 0 Å². The van der Waals surface area contributed by atoms with Gasteiger partial charge in [-0.05, 0) is 27.4 Å². The molecule has 0 aliphatic heterocycles. The average molecular weight is 264 g/mol. The molecule has 0 spiro atoms. The van der Waals surface area contributed by atoms with Crippen molar-refractivity contribution in [1.82, 2.24) is 0 Å². The van der Waals surface area contributed by atoms with E-state index in [1.54, 1.807) is 11.3 Å². The number of esters is 1. The molecule has 3 nitrogen and oxygen atoms in total. The number of halogens is 1. The van der Waals surface area contributed by atoms with Gasteiger partial charge in [0.15, 0.2) is 0 Å². The maximum Gasteiger partial charge on any atom is 0.323 e. The summed E-state index contributed by atoms with van der Waals surface area (Å²) in [5, 5.41) is 1.95. The van der Waals surface area contributed by atoms with E-state index in [2.05, 4.69) is 20.7 Å². The van der Waals surface area contributed by atoms with Crippen molar-refractivity contribution in [2.75, 3.05) is 7.11 Å². The van der Waals surface area contributed by atoms with Crippen LogP contribution in [0.25, 0.3) is 0 Å². The number of thiophene rings is 1. The molecule has 5 heteroatoms. The Kier molecular flexibility index (Phi) is 3.90. The summed E-state index contributed by atoms with van der Waals surface area (Å²) >= 11 is 4.94. The molecule has 0 fully saturated rings. The minimum Gasteiger partial charge on any atom is -0.468 e. The highest BCUT2D eigenvalue weighted by molar-refractivity contribution is 9.10. The van der Waals surface area contributed by atoms with E-state index in [9.17, 15) is 4.79 Å². The van der Waals surface area contributed by atoms with Crippen molar-refractivity contribution >= 4 is 33.2 Å². The minimum absolute atomic E-state index is 0.375. The Hall–Kier alpha value is -0.390. The summed E-state index contributed by atoms with van der Waals surface area (Å²) < 4.78 is 5.52. The van der Waals surface area contributed by atoms with Crippen LogP contribution in [0, 0.1) is 0 Å². The van der Waals surface area contributed by atoms with Crippen molar-refractivity contribution in [3.05, 3.63) is 20.8 Å². The molecule has 0 radical (unpaired) electrons. The summed E-state index contributed by atoms with van der Waals surface area (Å²) in [4.78, 5) is 12.1. The first-order valence-corrected chi connectivity index (χ1v) is 5.37. The molecule has 1 unspecified atom stereocenters. The van der Waals surface area contributed by atoms with E-state index in [1.807, 2.05) is 11.4 Å². The average Bonchev–Trinajstić information content (AvgIpc) is 2.50.